The lowest BCUT2D eigenvalue weighted by molar-refractivity contribution is 0.194. The van der Waals surface area contributed by atoms with E-state index in [1.165, 1.54) is 11.1 Å². The molecule has 0 atom stereocenters. The van der Waals surface area contributed by atoms with E-state index in [1.54, 1.807) is 7.11 Å². The Morgan fingerprint density at radius 3 is 2.72 bits per heavy atom. The summed E-state index contributed by atoms with van der Waals surface area (Å²) in [6.45, 7) is 7.17. The van der Waals surface area contributed by atoms with Gasteiger partial charge in [0.15, 0.2) is 0 Å². The van der Waals surface area contributed by atoms with Crippen molar-refractivity contribution in [2.45, 2.75) is 19.9 Å². The summed E-state index contributed by atoms with van der Waals surface area (Å²) in [5.74, 6) is 0. The summed E-state index contributed by atoms with van der Waals surface area (Å²) >= 11 is 0. The molecule has 0 aliphatic heterocycles. The minimum Gasteiger partial charge on any atom is -0.385 e. The van der Waals surface area contributed by atoms with E-state index < -0.39 is 0 Å². The number of nitrogens with zero attached hydrogens (tertiary/aromatic N) is 1. The first-order chi connectivity index (χ1) is 8.74. The highest BCUT2D eigenvalue weighted by atomic mass is 16.5. The molecule has 0 bridgehead atoms. The number of hydrogen-bond donors (Lipinski definition) is 1. The molecular formula is C15H26N2O. The van der Waals surface area contributed by atoms with Crippen LogP contribution in [0.4, 0.5) is 0 Å². The number of ether oxygens (including phenoxy) is 1. The Labute approximate surface area is 111 Å². The molecule has 102 valence electrons. The molecule has 0 saturated carbocycles. The maximum absolute atomic E-state index is 5.01. The molecule has 18 heavy (non-hydrogen) atoms. The lowest BCUT2D eigenvalue weighted by atomic mass is 10.1. The molecular weight excluding hydrogens is 224 g/mol. The Balaban J connectivity index is 2.14. The lowest BCUT2D eigenvalue weighted by Crippen LogP contribution is -2.30. The maximum atomic E-state index is 5.01. The summed E-state index contributed by atoms with van der Waals surface area (Å²) in [4.78, 5) is 2.35. The fraction of sp³-hybridized carbons (Fsp3) is 0.600. The van der Waals surface area contributed by atoms with E-state index in [9.17, 15) is 0 Å². The van der Waals surface area contributed by atoms with E-state index in [0.717, 1.165) is 39.2 Å². The van der Waals surface area contributed by atoms with Gasteiger partial charge in [-0.2, -0.15) is 0 Å². The van der Waals surface area contributed by atoms with Crippen LogP contribution in [0.2, 0.25) is 0 Å². The number of hydrogen-bond acceptors (Lipinski definition) is 3. The Morgan fingerprint density at radius 2 is 2.00 bits per heavy atom. The summed E-state index contributed by atoms with van der Waals surface area (Å²) in [7, 11) is 3.92. The van der Waals surface area contributed by atoms with Gasteiger partial charge in [-0.15, -0.1) is 0 Å². The largest absolute Gasteiger partial charge is 0.385 e. The molecule has 0 heterocycles. The Morgan fingerprint density at radius 1 is 1.22 bits per heavy atom. The number of methoxy groups -OCH3 is 1. The van der Waals surface area contributed by atoms with Gasteiger partial charge in [0.05, 0.1) is 0 Å². The molecule has 0 aliphatic rings. The first-order valence-electron chi connectivity index (χ1n) is 6.66. The van der Waals surface area contributed by atoms with Gasteiger partial charge in [0, 0.05) is 33.4 Å². The summed E-state index contributed by atoms with van der Waals surface area (Å²) in [5.41, 5.74) is 2.79. The molecule has 0 saturated heterocycles. The molecule has 3 nitrogen and oxygen atoms in total. The average Bonchev–Trinajstić information content (AvgIpc) is 2.36. The molecule has 0 amide bonds. The van der Waals surface area contributed by atoms with Crippen molar-refractivity contribution in [3.8, 4) is 0 Å². The van der Waals surface area contributed by atoms with E-state index in [4.69, 9.17) is 4.74 Å². The predicted molar refractivity (Wildman–Crippen MR) is 76.9 cm³/mol. The summed E-state index contributed by atoms with van der Waals surface area (Å²) in [5, 5.41) is 3.43. The lowest BCUT2D eigenvalue weighted by Gasteiger charge is -2.18. The van der Waals surface area contributed by atoms with Crippen LogP contribution in [0.1, 0.15) is 17.5 Å². The van der Waals surface area contributed by atoms with Gasteiger partial charge in [-0.25, -0.2) is 0 Å². The highest BCUT2D eigenvalue weighted by Gasteiger charge is 2.01. The van der Waals surface area contributed by atoms with Crippen LogP contribution in [-0.2, 0) is 11.3 Å². The van der Waals surface area contributed by atoms with E-state index >= 15 is 0 Å². The first kappa shape index (κ1) is 15.2. The highest BCUT2D eigenvalue weighted by molar-refractivity contribution is 5.25. The zero-order valence-corrected chi connectivity index (χ0v) is 11.9. The number of rotatable bonds is 9. The van der Waals surface area contributed by atoms with Crippen molar-refractivity contribution >= 4 is 0 Å². The van der Waals surface area contributed by atoms with Crippen molar-refractivity contribution in [2.24, 2.45) is 0 Å². The minimum absolute atomic E-state index is 0.839. The third-order valence-corrected chi connectivity index (χ3v) is 3.07. The van der Waals surface area contributed by atoms with Crippen LogP contribution >= 0.6 is 0 Å². The second kappa shape index (κ2) is 9.09. The van der Waals surface area contributed by atoms with Crippen LogP contribution in [0.5, 0.6) is 0 Å². The summed E-state index contributed by atoms with van der Waals surface area (Å²) < 4.78 is 5.01. The Bertz CT molecular complexity index is 328. The van der Waals surface area contributed by atoms with Gasteiger partial charge in [-0.3, -0.25) is 0 Å². The standard InChI is InChI=1S/C15H26N2O/c1-14-7-4-5-8-15(14)13-17(2)11-10-16-9-6-12-18-3/h4-5,7-8,16H,6,9-13H2,1-3H3. The second-order valence-corrected chi connectivity index (χ2v) is 4.76. The van der Waals surface area contributed by atoms with E-state index in [-0.39, 0.29) is 0 Å². The molecule has 0 aromatic heterocycles. The monoisotopic (exact) mass is 250 g/mol. The first-order valence-corrected chi connectivity index (χ1v) is 6.66. The predicted octanol–water partition coefficient (Wildman–Crippen LogP) is 2.05. The van der Waals surface area contributed by atoms with Crippen LogP contribution in [-0.4, -0.2) is 45.3 Å². The van der Waals surface area contributed by atoms with E-state index in [1.807, 2.05) is 0 Å². The van der Waals surface area contributed by atoms with E-state index in [0.29, 0.717) is 0 Å². The van der Waals surface area contributed by atoms with Crippen LogP contribution in [0.15, 0.2) is 24.3 Å². The molecule has 1 aromatic carbocycles. The van der Waals surface area contributed by atoms with Crippen LogP contribution in [0, 0.1) is 6.92 Å². The van der Waals surface area contributed by atoms with Gasteiger partial charge < -0.3 is 15.0 Å². The van der Waals surface area contributed by atoms with Gasteiger partial charge in [0.1, 0.15) is 0 Å². The molecule has 1 N–H and O–H groups in total. The summed E-state index contributed by atoms with van der Waals surface area (Å²) in [6.07, 6.45) is 1.08. The molecule has 0 aliphatic carbocycles. The van der Waals surface area contributed by atoms with Crippen molar-refractivity contribution in [3.05, 3.63) is 35.4 Å². The smallest absolute Gasteiger partial charge is 0.0474 e. The van der Waals surface area contributed by atoms with Crippen molar-refractivity contribution in [3.63, 3.8) is 0 Å². The van der Waals surface area contributed by atoms with Gasteiger partial charge in [-0.1, -0.05) is 24.3 Å². The van der Waals surface area contributed by atoms with Gasteiger partial charge in [0.2, 0.25) is 0 Å². The van der Waals surface area contributed by atoms with Crippen LogP contribution in [0.25, 0.3) is 0 Å². The fourth-order valence-corrected chi connectivity index (χ4v) is 1.89. The molecule has 0 spiro atoms. The number of benzene rings is 1. The quantitative estimate of drug-likeness (QED) is 0.679. The zero-order chi connectivity index (χ0) is 13.2. The highest BCUT2D eigenvalue weighted by Crippen LogP contribution is 2.08. The van der Waals surface area contributed by atoms with Crippen molar-refractivity contribution in [2.75, 3.05) is 40.4 Å². The number of aryl methyl sites for hydroxylation is 1. The second-order valence-electron chi connectivity index (χ2n) is 4.76. The van der Waals surface area contributed by atoms with Gasteiger partial charge in [0.25, 0.3) is 0 Å². The van der Waals surface area contributed by atoms with Gasteiger partial charge >= 0.3 is 0 Å². The Hall–Kier alpha value is -0.900. The molecule has 1 aromatic rings. The Kier molecular flexibility index (Phi) is 7.65. The summed E-state index contributed by atoms with van der Waals surface area (Å²) in [6, 6.07) is 8.58. The molecule has 0 unspecified atom stereocenters. The van der Waals surface area contributed by atoms with Crippen molar-refractivity contribution in [1.29, 1.82) is 0 Å². The normalized spacial score (nSPS) is 11.1. The minimum atomic E-state index is 0.839. The van der Waals surface area contributed by atoms with Crippen molar-refractivity contribution < 1.29 is 4.74 Å². The molecule has 1 rings (SSSR count). The molecule has 3 heteroatoms. The van der Waals surface area contributed by atoms with Crippen molar-refractivity contribution in [1.82, 2.24) is 10.2 Å². The van der Waals surface area contributed by atoms with Crippen LogP contribution in [0.3, 0.4) is 0 Å². The topological polar surface area (TPSA) is 24.5 Å². The third kappa shape index (κ3) is 6.15. The van der Waals surface area contributed by atoms with E-state index in [2.05, 4.69) is 48.5 Å². The fourth-order valence-electron chi connectivity index (χ4n) is 1.89. The maximum Gasteiger partial charge on any atom is 0.0474 e. The van der Waals surface area contributed by atoms with Gasteiger partial charge in [-0.05, 0) is 38.1 Å². The third-order valence-electron chi connectivity index (χ3n) is 3.07. The molecule has 0 fully saturated rings. The SMILES string of the molecule is COCCCNCCN(C)Cc1ccccc1C. The number of nitrogens with one attached hydrogen (secondary N) is 1. The molecule has 0 radical (unpaired) electrons. The van der Waals surface area contributed by atoms with Crippen LogP contribution < -0.4 is 5.32 Å². The average molecular weight is 250 g/mol. The zero-order valence-electron chi connectivity index (χ0n) is 11.9. The number of likely N-dealkylation sites (N-methyl/N-ethyl adjacent to an activating group) is 1.